The van der Waals surface area contributed by atoms with E-state index in [0.29, 0.717) is 25.8 Å². The lowest BCUT2D eigenvalue weighted by Gasteiger charge is -2.38. The first-order valence-electron chi connectivity index (χ1n) is 7.92. The Balaban J connectivity index is 1.70. The van der Waals surface area contributed by atoms with Crippen LogP contribution < -0.4 is 9.47 Å². The molecule has 2 unspecified atom stereocenters. The second-order valence-corrected chi connectivity index (χ2v) is 6.78. The highest BCUT2D eigenvalue weighted by Crippen LogP contribution is 2.54. The molecule has 1 aliphatic carbocycles. The molecule has 2 atom stereocenters. The Kier molecular flexibility index (Phi) is 2.29. The smallest absolute Gasteiger partial charge is 0.231 e. The lowest BCUT2D eigenvalue weighted by atomic mass is 9.79. The number of hydrogen-bond donors (Lipinski definition) is 0. The highest BCUT2D eigenvalue weighted by Gasteiger charge is 2.57. The summed E-state index contributed by atoms with van der Waals surface area (Å²) < 4.78 is 11.0. The maximum Gasteiger partial charge on any atom is 0.231 e. The number of nitrogens with zero attached hydrogens (tertiary/aromatic N) is 1. The van der Waals surface area contributed by atoms with Gasteiger partial charge >= 0.3 is 0 Å². The summed E-state index contributed by atoms with van der Waals surface area (Å²) in [5.41, 5.74) is 2.10. The molecule has 5 nitrogen and oxygen atoms in total. The minimum atomic E-state index is -0.285. The van der Waals surface area contributed by atoms with Gasteiger partial charge in [0, 0.05) is 31.7 Å². The van der Waals surface area contributed by atoms with Crippen molar-refractivity contribution in [2.45, 2.75) is 43.6 Å². The fraction of sp³-hybridized carbons (Fsp3) is 0.529. The first-order chi connectivity index (χ1) is 10.7. The number of ketones is 1. The molecule has 1 saturated carbocycles. The Morgan fingerprint density at radius 3 is 2.82 bits per heavy atom. The van der Waals surface area contributed by atoms with E-state index in [1.54, 1.807) is 0 Å². The molecule has 5 rings (SSSR count). The molecule has 0 N–H and O–H groups in total. The Morgan fingerprint density at radius 1 is 1.14 bits per heavy atom. The van der Waals surface area contributed by atoms with Crippen LogP contribution in [0.15, 0.2) is 12.1 Å². The molecule has 4 aliphatic rings. The van der Waals surface area contributed by atoms with Gasteiger partial charge in [-0.15, -0.1) is 0 Å². The zero-order valence-corrected chi connectivity index (χ0v) is 12.3. The normalized spacial score (nSPS) is 31.8. The van der Waals surface area contributed by atoms with Crippen molar-refractivity contribution in [3.8, 4) is 11.5 Å². The molecule has 1 saturated heterocycles. The van der Waals surface area contributed by atoms with Gasteiger partial charge in [-0.3, -0.25) is 9.59 Å². The SMILES string of the molecule is O=C1CC2c3cc4c(cc3CCN3C(=O)CCC23C1)OCO4. The van der Waals surface area contributed by atoms with E-state index in [-0.39, 0.29) is 29.9 Å². The van der Waals surface area contributed by atoms with Gasteiger partial charge in [-0.25, -0.2) is 0 Å². The number of rotatable bonds is 0. The standard InChI is InChI=1S/C17H17NO4/c19-11-6-13-12-7-15-14(21-9-22-15)5-10(12)2-4-18-16(20)1-3-17(13,18)8-11/h5,7,13H,1-4,6,8-9H2. The molecule has 1 aromatic rings. The predicted octanol–water partition coefficient (Wildman–Crippen LogP) is 1.78. The van der Waals surface area contributed by atoms with Crippen molar-refractivity contribution in [1.82, 2.24) is 4.90 Å². The maximum atomic E-state index is 12.3. The van der Waals surface area contributed by atoms with Gasteiger partial charge in [-0.1, -0.05) is 0 Å². The molecule has 1 aromatic carbocycles. The van der Waals surface area contributed by atoms with Gasteiger partial charge in [0.05, 0.1) is 5.54 Å². The third kappa shape index (κ3) is 1.44. The molecule has 22 heavy (non-hydrogen) atoms. The van der Waals surface area contributed by atoms with Crippen molar-refractivity contribution in [1.29, 1.82) is 0 Å². The van der Waals surface area contributed by atoms with Crippen LogP contribution in [0.25, 0.3) is 0 Å². The number of hydrogen-bond acceptors (Lipinski definition) is 4. The Hall–Kier alpha value is -2.04. The summed E-state index contributed by atoms with van der Waals surface area (Å²) in [6.07, 6.45) is 3.25. The second-order valence-electron chi connectivity index (χ2n) is 6.78. The van der Waals surface area contributed by atoms with E-state index < -0.39 is 0 Å². The summed E-state index contributed by atoms with van der Waals surface area (Å²) in [5.74, 6) is 2.14. The van der Waals surface area contributed by atoms with Crippen molar-refractivity contribution < 1.29 is 19.1 Å². The Morgan fingerprint density at radius 2 is 1.95 bits per heavy atom. The number of Topliss-reactive ketones (excluding diaryl/α,β-unsaturated/α-hetero) is 1. The lowest BCUT2D eigenvalue weighted by molar-refractivity contribution is -0.131. The summed E-state index contributed by atoms with van der Waals surface area (Å²) in [5, 5.41) is 0. The number of fused-ring (bicyclic) bond motifs is 3. The first kappa shape index (κ1) is 12.5. The van der Waals surface area contributed by atoms with Crippen LogP contribution in [0.1, 0.15) is 42.7 Å². The van der Waals surface area contributed by atoms with E-state index in [1.807, 2.05) is 11.0 Å². The quantitative estimate of drug-likeness (QED) is 0.733. The van der Waals surface area contributed by atoms with Crippen LogP contribution in [0.3, 0.4) is 0 Å². The first-order valence-corrected chi connectivity index (χ1v) is 7.92. The summed E-state index contributed by atoms with van der Waals surface area (Å²) in [6, 6.07) is 4.09. The molecule has 3 heterocycles. The molecule has 5 heteroatoms. The van der Waals surface area contributed by atoms with E-state index in [0.717, 1.165) is 24.3 Å². The van der Waals surface area contributed by atoms with Crippen molar-refractivity contribution >= 4 is 11.7 Å². The Labute approximate surface area is 128 Å². The average molecular weight is 299 g/mol. The fourth-order valence-corrected chi connectivity index (χ4v) is 4.86. The zero-order chi connectivity index (χ0) is 14.9. The molecule has 0 radical (unpaired) electrons. The number of carbonyl (C=O) groups is 2. The fourth-order valence-electron chi connectivity index (χ4n) is 4.86. The molecular weight excluding hydrogens is 282 g/mol. The zero-order valence-electron chi connectivity index (χ0n) is 12.3. The van der Waals surface area contributed by atoms with Gasteiger partial charge in [0.2, 0.25) is 12.7 Å². The summed E-state index contributed by atoms with van der Waals surface area (Å²) in [7, 11) is 0. The molecule has 0 bridgehead atoms. The van der Waals surface area contributed by atoms with Gasteiger partial charge in [-0.2, -0.15) is 0 Å². The topological polar surface area (TPSA) is 55.8 Å². The van der Waals surface area contributed by atoms with Crippen LogP contribution in [-0.4, -0.2) is 35.5 Å². The summed E-state index contributed by atoms with van der Waals surface area (Å²) in [6.45, 7) is 0.965. The number of amides is 1. The minimum Gasteiger partial charge on any atom is -0.454 e. The molecule has 0 aromatic heterocycles. The number of carbonyl (C=O) groups excluding carboxylic acids is 2. The molecular formula is C17H17NO4. The largest absolute Gasteiger partial charge is 0.454 e. The van der Waals surface area contributed by atoms with Gasteiger partial charge < -0.3 is 14.4 Å². The van der Waals surface area contributed by atoms with Crippen LogP contribution >= 0.6 is 0 Å². The monoisotopic (exact) mass is 299 g/mol. The van der Waals surface area contributed by atoms with E-state index in [1.165, 1.54) is 11.1 Å². The van der Waals surface area contributed by atoms with Crippen LogP contribution in [0.4, 0.5) is 0 Å². The van der Waals surface area contributed by atoms with Crippen molar-refractivity contribution in [2.75, 3.05) is 13.3 Å². The minimum absolute atomic E-state index is 0.110. The van der Waals surface area contributed by atoms with Gasteiger partial charge in [0.25, 0.3) is 0 Å². The van der Waals surface area contributed by atoms with Crippen LogP contribution in [-0.2, 0) is 16.0 Å². The predicted molar refractivity (Wildman–Crippen MR) is 76.9 cm³/mol. The molecule has 1 amide bonds. The average Bonchev–Trinajstić information content (AvgIpc) is 3.14. The van der Waals surface area contributed by atoms with Gasteiger partial charge in [-0.05, 0) is 36.1 Å². The van der Waals surface area contributed by atoms with Crippen LogP contribution in [0.5, 0.6) is 11.5 Å². The highest BCUT2D eigenvalue weighted by molar-refractivity contribution is 5.89. The van der Waals surface area contributed by atoms with Gasteiger partial charge in [0.1, 0.15) is 5.78 Å². The van der Waals surface area contributed by atoms with E-state index >= 15 is 0 Å². The van der Waals surface area contributed by atoms with E-state index in [4.69, 9.17) is 9.47 Å². The molecule has 1 spiro atoms. The van der Waals surface area contributed by atoms with Gasteiger partial charge in [0.15, 0.2) is 11.5 Å². The molecule has 2 fully saturated rings. The Bertz CT molecular complexity index is 713. The number of ether oxygens (including phenoxy) is 2. The van der Waals surface area contributed by atoms with Crippen LogP contribution in [0.2, 0.25) is 0 Å². The highest BCUT2D eigenvalue weighted by atomic mass is 16.7. The molecule has 3 aliphatic heterocycles. The third-order valence-corrected chi connectivity index (χ3v) is 5.81. The summed E-state index contributed by atoms with van der Waals surface area (Å²) >= 11 is 0. The van der Waals surface area contributed by atoms with E-state index in [2.05, 4.69) is 6.07 Å². The maximum absolute atomic E-state index is 12.3. The number of benzene rings is 1. The lowest BCUT2D eigenvalue weighted by Crippen LogP contribution is -2.47. The summed E-state index contributed by atoms with van der Waals surface area (Å²) in [4.78, 5) is 26.5. The molecule has 114 valence electrons. The van der Waals surface area contributed by atoms with Crippen molar-refractivity contribution in [3.05, 3.63) is 23.3 Å². The van der Waals surface area contributed by atoms with Crippen molar-refractivity contribution in [3.63, 3.8) is 0 Å². The third-order valence-electron chi connectivity index (χ3n) is 5.81. The van der Waals surface area contributed by atoms with Crippen molar-refractivity contribution in [2.24, 2.45) is 0 Å². The van der Waals surface area contributed by atoms with Crippen LogP contribution in [0, 0.1) is 0 Å². The van der Waals surface area contributed by atoms with E-state index in [9.17, 15) is 9.59 Å². The second kappa shape index (κ2) is 4.03.